The Balaban J connectivity index is 0.840. The average Bonchev–Trinajstić information content (AvgIpc) is 1.18. The van der Waals surface area contributed by atoms with Gasteiger partial charge in [-0.1, -0.05) is 146 Å². The molecule has 14 aromatic rings. The van der Waals surface area contributed by atoms with Crippen molar-refractivity contribution in [3.8, 4) is 11.5 Å². The number of hydrogen-bond acceptors (Lipinski definition) is 8. The van der Waals surface area contributed by atoms with Crippen LogP contribution in [0.1, 0.15) is 120 Å². The Hall–Kier alpha value is -10.5. The monoisotopic (exact) mass is 1350 g/mol. The summed E-state index contributed by atoms with van der Waals surface area (Å²) in [5.41, 5.74) is 33.6. The third-order valence-corrected chi connectivity index (χ3v) is 27.2. The molecule has 4 aliphatic heterocycles. The van der Waals surface area contributed by atoms with Crippen LogP contribution in [-0.2, 0) is 0 Å². The summed E-state index contributed by atoms with van der Waals surface area (Å²) < 4.78 is 13.4. The molecule has 6 heterocycles. The van der Waals surface area contributed by atoms with Gasteiger partial charge in [0.05, 0.1) is 22.7 Å². The number of benzene rings is 12. The largest absolute Gasteiger partial charge is 0.458 e. The van der Waals surface area contributed by atoms with Crippen LogP contribution in [0.4, 0.5) is 85.3 Å². The van der Waals surface area contributed by atoms with Gasteiger partial charge >= 0.3 is 0 Å². The van der Waals surface area contributed by atoms with E-state index >= 15 is 0 Å². The first-order chi connectivity index (χ1) is 50.2. The highest BCUT2D eigenvalue weighted by Gasteiger charge is 2.51. The highest BCUT2D eigenvalue weighted by Crippen LogP contribution is 2.58. The molecule has 0 atom stereocenters. The highest BCUT2D eigenvalue weighted by molar-refractivity contribution is 7.34. The van der Waals surface area contributed by atoms with Crippen molar-refractivity contribution >= 4 is 173 Å². The van der Waals surface area contributed by atoms with Crippen molar-refractivity contribution in [3.63, 3.8) is 0 Å². The number of aryl methyl sites for hydroxylation is 4. The van der Waals surface area contributed by atoms with E-state index in [0.717, 1.165) is 68.4 Å². The zero-order chi connectivity index (χ0) is 67.3. The fraction of sp³-hybridized carbons (Fsp3) is 0.174. The van der Waals surface area contributed by atoms with E-state index in [1.165, 1.54) is 154 Å². The summed E-state index contributed by atoms with van der Waals surface area (Å²) in [5.74, 6) is 4.19. The number of thiophene rings is 2. The van der Waals surface area contributed by atoms with E-state index in [0.29, 0.717) is 23.7 Å². The lowest BCUT2D eigenvalue weighted by Gasteiger charge is -2.45. The van der Waals surface area contributed by atoms with E-state index in [1.54, 1.807) is 22.3 Å². The van der Waals surface area contributed by atoms with Crippen LogP contribution in [0.2, 0.25) is 0 Å². The fourth-order valence-corrected chi connectivity index (χ4v) is 22.7. The van der Waals surface area contributed by atoms with E-state index in [4.69, 9.17) is 4.74 Å². The smallest absolute Gasteiger partial charge is 0.268 e. The second-order valence-corrected chi connectivity index (χ2v) is 32.4. The van der Waals surface area contributed by atoms with E-state index in [2.05, 4.69) is 301 Å². The van der Waals surface area contributed by atoms with Crippen molar-refractivity contribution in [1.29, 1.82) is 0 Å². The van der Waals surface area contributed by atoms with Gasteiger partial charge in [0.1, 0.15) is 11.5 Å². The first-order valence-electron chi connectivity index (χ1n) is 37.0. The quantitative estimate of drug-likeness (QED) is 0.134. The summed E-state index contributed by atoms with van der Waals surface area (Å²) in [7, 11) is 0. The van der Waals surface area contributed by atoms with Crippen LogP contribution in [0.5, 0.6) is 11.5 Å². The number of hydrogen-bond donors (Lipinski definition) is 0. The molecule has 2 saturated carbocycles. The third-order valence-electron chi connectivity index (χ3n) is 24.8. The van der Waals surface area contributed by atoms with E-state index in [9.17, 15) is 0 Å². The van der Waals surface area contributed by atoms with Gasteiger partial charge in [-0.15, -0.1) is 22.7 Å². The van der Waals surface area contributed by atoms with Crippen LogP contribution in [-0.4, -0.2) is 13.4 Å². The molecule has 102 heavy (non-hydrogen) atoms. The molecule has 10 heteroatoms. The third kappa shape index (κ3) is 8.60. The summed E-state index contributed by atoms with van der Waals surface area (Å²) in [6, 6.07) is 95.8. The van der Waals surface area contributed by atoms with Crippen molar-refractivity contribution in [3.05, 3.63) is 293 Å². The Morgan fingerprint density at radius 3 is 1.22 bits per heavy atom. The molecule has 2 fully saturated rings. The van der Waals surface area contributed by atoms with Crippen molar-refractivity contribution in [2.24, 2.45) is 0 Å². The number of fused-ring (bicyclic) bond motifs is 16. The maximum absolute atomic E-state index is 8.07. The van der Waals surface area contributed by atoms with Gasteiger partial charge in [-0.2, -0.15) is 0 Å². The Labute approximate surface area is 605 Å². The number of para-hydroxylation sites is 5. The number of ether oxygens (including phenoxy) is 1. The van der Waals surface area contributed by atoms with E-state index in [1.807, 2.05) is 22.7 Å². The van der Waals surface area contributed by atoms with Crippen LogP contribution in [0.25, 0.3) is 20.2 Å². The Kier molecular flexibility index (Phi) is 13.1. The first-order valence-corrected chi connectivity index (χ1v) is 38.7. The Bertz CT molecular complexity index is 5790. The zero-order valence-corrected chi connectivity index (χ0v) is 59.4. The average molecular weight is 1350 g/mol. The molecule has 0 saturated heterocycles. The Morgan fingerprint density at radius 2 is 0.735 bits per heavy atom. The second-order valence-electron chi connectivity index (χ2n) is 30.2. The van der Waals surface area contributed by atoms with Gasteiger partial charge in [-0.05, 0) is 260 Å². The standard InChI is InChI=1S/C92H73B2N5OS2/c1-54-20-8-14-28-75(54)96(76-29-15-9-21-55(76)2)65-48-80-87-81(49-65)98(63-42-44-67-58-34-38-60(39-35-58)71(67)46-63)89-69-26-12-18-32-85(69)101-91(89)93(87)73-52-74-83(53-79(73)95(80)62-24-6-5-7-25-62)100-84-51-66(97(77-30-16-10-22-56(77)3)78-31-17-11-23-57(78)4)50-82-88(84)94(74)92-90(70-27-13-19-33-86(70)102-92)99(82)64-43-45-68-59-36-40-61(41-37-59)72(68)47-64/h5-33,42-53,58-61H,34-41H2,1-4H3. The van der Waals surface area contributed by atoms with Crippen molar-refractivity contribution in [2.45, 2.75) is 103 Å². The maximum atomic E-state index is 8.07. The molecular formula is C92H73B2N5OS2. The topological polar surface area (TPSA) is 25.4 Å². The van der Waals surface area contributed by atoms with Crippen LogP contribution in [0.15, 0.2) is 249 Å². The molecule has 4 bridgehead atoms. The van der Waals surface area contributed by atoms with Gasteiger partial charge in [-0.3, -0.25) is 0 Å². The number of rotatable bonds is 9. The summed E-state index contributed by atoms with van der Waals surface area (Å²) in [6.45, 7) is 8.71. The van der Waals surface area contributed by atoms with E-state index in [-0.39, 0.29) is 13.4 Å². The molecule has 490 valence electrons. The van der Waals surface area contributed by atoms with Crippen molar-refractivity contribution in [1.82, 2.24) is 0 Å². The molecule has 10 aliphatic rings. The summed E-state index contributed by atoms with van der Waals surface area (Å²) in [4.78, 5) is 13.1. The van der Waals surface area contributed by atoms with Gasteiger partial charge in [0.25, 0.3) is 13.4 Å². The molecule has 0 amide bonds. The minimum Gasteiger partial charge on any atom is -0.458 e. The predicted octanol–water partition coefficient (Wildman–Crippen LogP) is 22.3. The molecular weight excluding hydrogens is 1280 g/mol. The van der Waals surface area contributed by atoms with Crippen LogP contribution < -0.4 is 60.6 Å². The number of nitrogens with zero attached hydrogens (tertiary/aromatic N) is 5. The molecule has 0 N–H and O–H groups in total. The van der Waals surface area contributed by atoms with Gasteiger partial charge < -0.3 is 29.2 Å². The minimum absolute atomic E-state index is 0.153. The SMILES string of the molecule is Cc1ccccc1N(c1cc2c3c(c1)N(c1ccc4c(c1)C1CCC4CC1)c1c(sc4ccccc14)B3c1cc3c(cc1O2)N(c1ccccc1)c1cc(N(c2ccccc2C)c2ccccc2C)cc2c1B3c1sc3ccccc3c1N2c1ccc2c(c1)C1CCC2CC1)c1ccccc1C. The Morgan fingerprint density at radius 1 is 0.333 bits per heavy atom. The highest BCUT2D eigenvalue weighted by atomic mass is 32.1. The van der Waals surface area contributed by atoms with Gasteiger partial charge in [-0.25, -0.2) is 0 Å². The van der Waals surface area contributed by atoms with Crippen molar-refractivity contribution < 1.29 is 4.74 Å². The van der Waals surface area contributed by atoms with Crippen molar-refractivity contribution in [2.75, 3.05) is 24.5 Å². The van der Waals surface area contributed by atoms with Gasteiger partial charge in [0, 0.05) is 104 Å². The second kappa shape index (κ2) is 22.5. The van der Waals surface area contributed by atoms with Crippen LogP contribution >= 0.6 is 22.7 Å². The lowest BCUT2D eigenvalue weighted by molar-refractivity contribution is 0.359. The van der Waals surface area contributed by atoms with Crippen LogP contribution in [0, 0.1) is 27.7 Å². The first kappa shape index (κ1) is 59.2. The fourth-order valence-electron chi connectivity index (χ4n) is 20.1. The van der Waals surface area contributed by atoms with Crippen LogP contribution in [0.3, 0.4) is 0 Å². The number of anilines is 15. The normalized spacial score (nSPS) is 18.1. The zero-order valence-electron chi connectivity index (χ0n) is 57.8. The maximum Gasteiger partial charge on any atom is 0.268 e. The van der Waals surface area contributed by atoms with E-state index < -0.39 is 0 Å². The lowest BCUT2D eigenvalue weighted by Crippen LogP contribution is -2.63. The molecule has 6 aliphatic carbocycles. The predicted molar refractivity (Wildman–Crippen MR) is 433 cm³/mol. The summed E-state index contributed by atoms with van der Waals surface area (Å²) in [5, 5.41) is 2.57. The molecule has 24 rings (SSSR count). The summed E-state index contributed by atoms with van der Waals surface area (Å²) >= 11 is 3.96. The molecule has 0 unspecified atom stereocenters. The van der Waals surface area contributed by atoms with Gasteiger partial charge in [0.2, 0.25) is 0 Å². The molecule has 0 spiro atoms. The molecule has 2 aromatic heterocycles. The van der Waals surface area contributed by atoms with Gasteiger partial charge in [0.15, 0.2) is 0 Å². The minimum atomic E-state index is -0.168. The molecule has 12 aromatic carbocycles. The molecule has 6 nitrogen and oxygen atoms in total. The molecule has 0 radical (unpaired) electrons. The summed E-state index contributed by atoms with van der Waals surface area (Å²) in [6.07, 6.45) is 10.2. The lowest BCUT2D eigenvalue weighted by atomic mass is 9.33.